The minimum absolute atomic E-state index is 0.380. The Balaban J connectivity index is 0.000000798. The molecule has 0 radical (unpaired) electrons. The molecule has 0 saturated carbocycles. The van der Waals surface area contributed by atoms with E-state index in [0.717, 1.165) is 53.8 Å². The van der Waals surface area contributed by atoms with E-state index in [9.17, 15) is 9.59 Å². The summed E-state index contributed by atoms with van der Waals surface area (Å²) in [5.74, 6) is 0. The first-order valence-corrected chi connectivity index (χ1v) is 17.6. The molecule has 0 aliphatic rings. The number of alkyl halides is 1. The molecule has 0 saturated heterocycles. The van der Waals surface area contributed by atoms with Crippen LogP contribution in [0.2, 0.25) is 0 Å². The Labute approximate surface area is 302 Å². The third-order valence-corrected chi connectivity index (χ3v) is 6.08. The summed E-state index contributed by atoms with van der Waals surface area (Å²) in [6, 6.07) is 15.7. The Morgan fingerprint density at radius 3 is 1.47 bits per heavy atom. The van der Waals surface area contributed by atoms with Crippen molar-refractivity contribution in [3.63, 3.8) is 0 Å². The van der Waals surface area contributed by atoms with Gasteiger partial charge >= 0.3 is 12.2 Å². The summed E-state index contributed by atoms with van der Waals surface area (Å²) in [5, 5.41) is 9.66. The van der Waals surface area contributed by atoms with E-state index in [4.69, 9.17) is 34.2 Å². The third kappa shape index (κ3) is 30.7. The number of ether oxygens (including phenoxy) is 6. The number of nitrogens with two attached hydrogens (primary N) is 1. The second kappa shape index (κ2) is 27.7. The molecule has 0 spiro atoms. The zero-order chi connectivity index (χ0) is 37.0. The van der Waals surface area contributed by atoms with Gasteiger partial charge in [0.05, 0.1) is 39.6 Å². The monoisotopic (exact) mass is 756 g/mol. The maximum absolute atomic E-state index is 11.6. The molecule has 0 aliphatic heterocycles. The Morgan fingerprint density at radius 2 is 1.06 bits per heavy atom. The van der Waals surface area contributed by atoms with Crippen LogP contribution in [0, 0.1) is 0 Å². The second-order valence-corrected chi connectivity index (χ2v) is 13.4. The highest BCUT2D eigenvalue weighted by atomic mass is 79.9. The summed E-state index contributed by atoms with van der Waals surface area (Å²) in [6.07, 6.45) is 0.765. The number of anilines is 2. The number of carbonyl (C=O) groups is 2. The fourth-order valence-corrected chi connectivity index (χ4v) is 3.76. The maximum atomic E-state index is 11.6. The molecule has 0 atom stereocenters. The van der Waals surface area contributed by atoms with Crippen LogP contribution in [0.4, 0.5) is 21.0 Å². The normalized spacial score (nSPS) is 10.9. The van der Waals surface area contributed by atoms with Gasteiger partial charge in [-0.15, -0.1) is 0 Å². The second-order valence-electron chi connectivity index (χ2n) is 12.6. The van der Waals surface area contributed by atoms with E-state index in [2.05, 4.69) is 31.9 Å². The fraction of sp³-hybridized carbons (Fsp3) is 0.611. The van der Waals surface area contributed by atoms with Gasteiger partial charge in [-0.2, -0.15) is 0 Å². The first kappa shape index (κ1) is 45.9. The molecule has 2 aromatic rings. The minimum atomic E-state index is -0.468. The van der Waals surface area contributed by atoms with Crippen LogP contribution in [0.1, 0.15) is 52.7 Å². The van der Waals surface area contributed by atoms with Crippen LogP contribution in [-0.2, 0) is 41.3 Å². The van der Waals surface area contributed by atoms with Gasteiger partial charge in [-0.05, 0) is 89.8 Å². The lowest BCUT2D eigenvalue weighted by Crippen LogP contribution is -2.33. The standard InChI is InChI=1S/C18H30N2O4.C13H20N2O2.C5H11BrO2/c1-18(2,3)24-17(21)20-10-9-15-5-7-16(8-6-15)19-11-12-23-14-13-22-4;1-13(2,3)17-12(16)15-9-8-10-4-6-11(14)7-5-10;1-7-4-5-8-3-2-6/h5-8,19H,9-14H2,1-4H3,(H,20,21);4-7H,8-9,14H2,1-3H3,(H,15,16);2-5H2,1H3. The summed E-state index contributed by atoms with van der Waals surface area (Å²) >= 11 is 3.24. The lowest BCUT2D eigenvalue weighted by Gasteiger charge is -2.19. The van der Waals surface area contributed by atoms with Crippen molar-refractivity contribution in [1.82, 2.24) is 10.6 Å². The summed E-state index contributed by atoms with van der Waals surface area (Å²) in [6.45, 7) is 16.9. The first-order valence-electron chi connectivity index (χ1n) is 16.5. The Bertz CT molecular complexity index is 1100. The van der Waals surface area contributed by atoms with Crippen molar-refractivity contribution >= 4 is 39.5 Å². The number of amides is 2. The van der Waals surface area contributed by atoms with Gasteiger partial charge < -0.3 is 50.1 Å². The van der Waals surface area contributed by atoms with Gasteiger partial charge in [0.15, 0.2) is 0 Å². The molecule has 2 amide bonds. The van der Waals surface area contributed by atoms with Crippen LogP contribution < -0.4 is 21.7 Å². The van der Waals surface area contributed by atoms with E-state index in [1.807, 2.05) is 90.1 Å². The number of methoxy groups -OCH3 is 2. The van der Waals surface area contributed by atoms with Crippen molar-refractivity contribution in [2.24, 2.45) is 0 Å². The minimum Gasteiger partial charge on any atom is -0.444 e. The molecular formula is C36H61BrN4O8. The summed E-state index contributed by atoms with van der Waals surface area (Å²) in [5.41, 5.74) is 8.75. The van der Waals surface area contributed by atoms with Gasteiger partial charge in [-0.1, -0.05) is 40.2 Å². The number of alkyl carbamates (subject to hydrolysis) is 2. The van der Waals surface area contributed by atoms with E-state index in [1.165, 1.54) is 0 Å². The number of nitrogen functional groups attached to an aromatic ring is 1. The zero-order valence-electron chi connectivity index (χ0n) is 30.8. The molecule has 280 valence electrons. The molecule has 13 heteroatoms. The fourth-order valence-electron chi connectivity index (χ4n) is 3.53. The zero-order valence-corrected chi connectivity index (χ0v) is 32.4. The van der Waals surface area contributed by atoms with Gasteiger partial charge in [0.1, 0.15) is 11.2 Å². The highest BCUT2D eigenvalue weighted by Gasteiger charge is 2.16. The molecule has 0 aromatic heterocycles. The van der Waals surface area contributed by atoms with E-state index in [1.54, 1.807) is 14.2 Å². The van der Waals surface area contributed by atoms with Crippen LogP contribution in [0.3, 0.4) is 0 Å². The van der Waals surface area contributed by atoms with Crippen molar-refractivity contribution in [3.05, 3.63) is 59.7 Å². The molecule has 49 heavy (non-hydrogen) atoms. The maximum Gasteiger partial charge on any atom is 0.407 e. The SMILES string of the molecule is CC(C)(C)OC(=O)NCCc1ccc(N)cc1.COCCOCCBr.COCCOCCNc1ccc(CCNC(=O)OC(C)(C)C)cc1. The average Bonchev–Trinajstić information content (AvgIpc) is 3.02. The highest BCUT2D eigenvalue weighted by Crippen LogP contribution is 2.11. The van der Waals surface area contributed by atoms with E-state index in [0.29, 0.717) is 46.1 Å². The third-order valence-electron chi connectivity index (χ3n) is 5.76. The van der Waals surface area contributed by atoms with Crippen LogP contribution in [-0.4, -0.2) is 102 Å². The molecule has 2 aromatic carbocycles. The Morgan fingerprint density at radius 1 is 0.633 bits per heavy atom. The lowest BCUT2D eigenvalue weighted by atomic mass is 10.1. The molecular weight excluding hydrogens is 696 g/mol. The first-order chi connectivity index (χ1) is 23.2. The van der Waals surface area contributed by atoms with Gasteiger partial charge in [0.2, 0.25) is 0 Å². The number of halogens is 1. The molecule has 0 heterocycles. The topological polar surface area (TPSA) is 152 Å². The number of carbonyl (C=O) groups excluding carboxylic acids is 2. The molecule has 0 unspecified atom stereocenters. The average molecular weight is 758 g/mol. The van der Waals surface area contributed by atoms with Crippen LogP contribution in [0.5, 0.6) is 0 Å². The molecule has 0 bridgehead atoms. The number of benzene rings is 2. The number of hydrogen-bond donors (Lipinski definition) is 4. The number of rotatable bonds is 18. The largest absolute Gasteiger partial charge is 0.444 e. The van der Waals surface area contributed by atoms with Crippen molar-refractivity contribution in [2.75, 3.05) is 89.9 Å². The van der Waals surface area contributed by atoms with Crippen molar-refractivity contribution in [2.45, 2.75) is 65.6 Å². The van der Waals surface area contributed by atoms with E-state index >= 15 is 0 Å². The quantitative estimate of drug-likeness (QED) is 0.0785. The van der Waals surface area contributed by atoms with Crippen LogP contribution in [0.25, 0.3) is 0 Å². The molecule has 12 nitrogen and oxygen atoms in total. The van der Waals surface area contributed by atoms with E-state index < -0.39 is 11.2 Å². The van der Waals surface area contributed by atoms with Crippen molar-refractivity contribution in [1.29, 1.82) is 0 Å². The molecule has 2 rings (SSSR count). The Hall–Kier alpha value is -3.10. The highest BCUT2D eigenvalue weighted by molar-refractivity contribution is 9.09. The van der Waals surface area contributed by atoms with Gasteiger partial charge in [0, 0.05) is 50.6 Å². The van der Waals surface area contributed by atoms with Gasteiger partial charge in [-0.3, -0.25) is 0 Å². The Kier molecular flexibility index (Phi) is 25.9. The van der Waals surface area contributed by atoms with Gasteiger partial charge in [0.25, 0.3) is 0 Å². The lowest BCUT2D eigenvalue weighted by molar-refractivity contribution is 0.0517. The molecule has 0 aliphatic carbocycles. The predicted molar refractivity (Wildman–Crippen MR) is 201 cm³/mol. The van der Waals surface area contributed by atoms with E-state index in [-0.39, 0.29) is 12.2 Å². The number of nitrogens with one attached hydrogen (secondary N) is 3. The van der Waals surface area contributed by atoms with Crippen molar-refractivity contribution in [3.8, 4) is 0 Å². The predicted octanol–water partition coefficient (Wildman–Crippen LogP) is 6.21. The smallest absolute Gasteiger partial charge is 0.407 e. The van der Waals surface area contributed by atoms with Crippen LogP contribution in [0.15, 0.2) is 48.5 Å². The summed E-state index contributed by atoms with van der Waals surface area (Å²) < 4.78 is 30.4. The number of hydrogen-bond acceptors (Lipinski definition) is 10. The summed E-state index contributed by atoms with van der Waals surface area (Å²) in [4.78, 5) is 22.9. The van der Waals surface area contributed by atoms with Crippen molar-refractivity contribution < 1.29 is 38.0 Å². The van der Waals surface area contributed by atoms with Gasteiger partial charge in [-0.25, -0.2) is 9.59 Å². The van der Waals surface area contributed by atoms with Crippen LogP contribution >= 0.6 is 15.9 Å². The molecule has 0 fully saturated rings. The molecule has 5 N–H and O–H groups in total. The summed E-state index contributed by atoms with van der Waals surface area (Å²) in [7, 11) is 3.32.